The molecule has 3 nitrogen and oxygen atoms in total. The number of hydrogen-bond donors (Lipinski definition) is 1. The van der Waals surface area contributed by atoms with E-state index >= 15 is 0 Å². The first kappa shape index (κ1) is 9.21. The second-order valence-electron chi connectivity index (χ2n) is 3.96. The number of furan rings is 1. The van der Waals surface area contributed by atoms with Crippen molar-refractivity contribution in [3.8, 4) is 0 Å². The number of hydrogen-bond acceptors (Lipinski definition) is 2. The Hall–Kier alpha value is -2.03. The molecule has 1 unspecified atom stereocenters. The van der Waals surface area contributed by atoms with E-state index in [0.717, 1.165) is 17.0 Å². The van der Waals surface area contributed by atoms with Gasteiger partial charge in [0.05, 0.1) is 0 Å². The lowest BCUT2D eigenvalue weighted by Gasteiger charge is -2.04. The molecule has 1 aliphatic rings. The molecule has 0 spiro atoms. The van der Waals surface area contributed by atoms with Gasteiger partial charge in [-0.15, -0.1) is 0 Å². The van der Waals surface area contributed by atoms with Crippen LogP contribution in [0.1, 0.15) is 23.0 Å². The van der Waals surface area contributed by atoms with Gasteiger partial charge in [0.1, 0.15) is 17.4 Å². The van der Waals surface area contributed by atoms with E-state index in [0.29, 0.717) is 5.76 Å². The lowest BCUT2D eigenvalue weighted by atomic mass is 9.98. The van der Waals surface area contributed by atoms with Crippen LogP contribution in [0.4, 0.5) is 5.69 Å². The van der Waals surface area contributed by atoms with Crippen molar-refractivity contribution in [2.75, 3.05) is 5.32 Å². The fourth-order valence-corrected chi connectivity index (χ4v) is 2.10. The summed E-state index contributed by atoms with van der Waals surface area (Å²) < 4.78 is 5.53. The third-order valence-corrected chi connectivity index (χ3v) is 2.84. The summed E-state index contributed by atoms with van der Waals surface area (Å²) >= 11 is 0. The van der Waals surface area contributed by atoms with E-state index < -0.39 is 0 Å². The van der Waals surface area contributed by atoms with Gasteiger partial charge < -0.3 is 9.73 Å². The van der Waals surface area contributed by atoms with Crippen molar-refractivity contribution in [2.45, 2.75) is 12.8 Å². The Bertz CT molecular complexity index is 557. The Balaban J connectivity index is 2.12. The molecule has 80 valence electrons. The SMILES string of the molecule is Cc1ccc(C2C(=O)Nc3ccccc32)o1. The van der Waals surface area contributed by atoms with E-state index in [2.05, 4.69) is 5.32 Å². The molecular weight excluding hydrogens is 202 g/mol. The van der Waals surface area contributed by atoms with E-state index in [-0.39, 0.29) is 11.8 Å². The summed E-state index contributed by atoms with van der Waals surface area (Å²) in [4.78, 5) is 11.9. The maximum absolute atomic E-state index is 11.9. The Morgan fingerprint density at radius 1 is 1.19 bits per heavy atom. The number of rotatable bonds is 1. The van der Waals surface area contributed by atoms with Crippen LogP contribution in [0, 0.1) is 6.92 Å². The summed E-state index contributed by atoms with van der Waals surface area (Å²) in [5.74, 6) is 1.22. The number of aryl methyl sites for hydroxylation is 1. The van der Waals surface area contributed by atoms with Gasteiger partial charge in [-0.3, -0.25) is 4.79 Å². The van der Waals surface area contributed by atoms with E-state index in [4.69, 9.17) is 4.42 Å². The second kappa shape index (κ2) is 3.23. The van der Waals surface area contributed by atoms with Crippen LogP contribution in [0.15, 0.2) is 40.8 Å². The largest absolute Gasteiger partial charge is 0.465 e. The molecule has 2 heterocycles. The predicted octanol–water partition coefficient (Wildman–Crippen LogP) is 2.67. The lowest BCUT2D eigenvalue weighted by molar-refractivity contribution is -0.116. The molecule has 1 atom stereocenters. The van der Waals surface area contributed by atoms with E-state index in [1.165, 1.54) is 0 Å². The molecule has 1 aromatic heterocycles. The minimum atomic E-state index is -0.301. The lowest BCUT2D eigenvalue weighted by Crippen LogP contribution is -2.12. The van der Waals surface area contributed by atoms with Gasteiger partial charge in [-0.2, -0.15) is 0 Å². The fourth-order valence-electron chi connectivity index (χ4n) is 2.10. The van der Waals surface area contributed by atoms with Crippen molar-refractivity contribution < 1.29 is 9.21 Å². The van der Waals surface area contributed by atoms with Crippen LogP contribution < -0.4 is 5.32 Å². The van der Waals surface area contributed by atoms with Crippen LogP contribution in [0.25, 0.3) is 0 Å². The summed E-state index contributed by atoms with van der Waals surface area (Å²) in [7, 11) is 0. The molecule has 3 heteroatoms. The molecule has 0 saturated carbocycles. The molecule has 0 aliphatic carbocycles. The van der Waals surface area contributed by atoms with Crippen LogP contribution in [0.2, 0.25) is 0 Å². The molecule has 1 aliphatic heterocycles. The van der Waals surface area contributed by atoms with Crippen LogP contribution in [-0.4, -0.2) is 5.91 Å². The molecule has 1 amide bonds. The number of para-hydroxylation sites is 1. The number of nitrogens with one attached hydrogen (secondary N) is 1. The standard InChI is InChI=1S/C13H11NO2/c1-8-6-7-11(16-8)12-9-4-2-3-5-10(9)14-13(12)15/h2-7,12H,1H3,(H,14,15). The van der Waals surface area contributed by atoms with Gasteiger partial charge in [-0.05, 0) is 30.7 Å². The predicted molar refractivity (Wildman–Crippen MR) is 60.4 cm³/mol. The van der Waals surface area contributed by atoms with Gasteiger partial charge in [0, 0.05) is 5.69 Å². The molecule has 0 bridgehead atoms. The van der Waals surface area contributed by atoms with Gasteiger partial charge in [0.15, 0.2) is 0 Å². The van der Waals surface area contributed by atoms with Crippen LogP contribution in [0.3, 0.4) is 0 Å². The highest BCUT2D eigenvalue weighted by Crippen LogP contribution is 2.37. The van der Waals surface area contributed by atoms with Crippen molar-refractivity contribution in [1.29, 1.82) is 0 Å². The van der Waals surface area contributed by atoms with E-state index in [9.17, 15) is 4.79 Å². The fraction of sp³-hybridized carbons (Fsp3) is 0.154. The average molecular weight is 213 g/mol. The molecule has 0 fully saturated rings. The molecule has 0 radical (unpaired) electrons. The molecular formula is C13H11NO2. The minimum Gasteiger partial charge on any atom is -0.465 e. The van der Waals surface area contributed by atoms with Crippen LogP contribution >= 0.6 is 0 Å². The van der Waals surface area contributed by atoms with Crippen molar-refractivity contribution in [3.63, 3.8) is 0 Å². The normalized spacial score (nSPS) is 18.3. The number of carbonyl (C=O) groups excluding carboxylic acids is 1. The molecule has 1 aromatic carbocycles. The number of carbonyl (C=O) groups is 1. The second-order valence-corrected chi connectivity index (χ2v) is 3.96. The highest BCUT2D eigenvalue weighted by molar-refractivity contribution is 6.04. The Kier molecular flexibility index (Phi) is 1.86. The summed E-state index contributed by atoms with van der Waals surface area (Å²) in [6.07, 6.45) is 0. The van der Waals surface area contributed by atoms with Gasteiger partial charge in [0.25, 0.3) is 0 Å². The van der Waals surface area contributed by atoms with Crippen molar-refractivity contribution in [2.24, 2.45) is 0 Å². The smallest absolute Gasteiger partial charge is 0.239 e. The highest BCUT2D eigenvalue weighted by atomic mass is 16.3. The quantitative estimate of drug-likeness (QED) is 0.791. The third-order valence-electron chi connectivity index (χ3n) is 2.84. The highest BCUT2D eigenvalue weighted by Gasteiger charge is 2.33. The first-order chi connectivity index (χ1) is 7.75. The summed E-state index contributed by atoms with van der Waals surface area (Å²) in [6, 6.07) is 11.4. The van der Waals surface area contributed by atoms with Crippen molar-refractivity contribution >= 4 is 11.6 Å². The zero-order chi connectivity index (χ0) is 11.1. The first-order valence-corrected chi connectivity index (χ1v) is 5.22. The third kappa shape index (κ3) is 1.25. The average Bonchev–Trinajstić information content (AvgIpc) is 2.80. The molecule has 3 rings (SSSR count). The zero-order valence-corrected chi connectivity index (χ0v) is 8.86. The molecule has 0 saturated heterocycles. The van der Waals surface area contributed by atoms with Gasteiger partial charge in [-0.25, -0.2) is 0 Å². The molecule has 1 N–H and O–H groups in total. The van der Waals surface area contributed by atoms with Crippen molar-refractivity contribution in [3.05, 3.63) is 53.5 Å². The number of amides is 1. The van der Waals surface area contributed by atoms with Gasteiger partial charge >= 0.3 is 0 Å². The molecule has 16 heavy (non-hydrogen) atoms. The van der Waals surface area contributed by atoms with Crippen LogP contribution in [-0.2, 0) is 4.79 Å². The Morgan fingerprint density at radius 2 is 2.00 bits per heavy atom. The van der Waals surface area contributed by atoms with Crippen LogP contribution in [0.5, 0.6) is 0 Å². The zero-order valence-electron chi connectivity index (χ0n) is 8.86. The first-order valence-electron chi connectivity index (χ1n) is 5.22. The topological polar surface area (TPSA) is 42.2 Å². The summed E-state index contributed by atoms with van der Waals surface area (Å²) in [5, 5.41) is 2.86. The van der Waals surface area contributed by atoms with Gasteiger partial charge in [0.2, 0.25) is 5.91 Å². The maximum Gasteiger partial charge on any atom is 0.239 e. The Morgan fingerprint density at radius 3 is 2.75 bits per heavy atom. The minimum absolute atomic E-state index is 0.0180. The van der Waals surface area contributed by atoms with E-state index in [1.54, 1.807) is 0 Å². The van der Waals surface area contributed by atoms with E-state index in [1.807, 2.05) is 43.3 Å². The summed E-state index contributed by atoms with van der Waals surface area (Å²) in [5.41, 5.74) is 1.87. The number of benzene rings is 1. The number of fused-ring (bicyclic) bond motifs is 1. The summed E-state index contributed by atoms with van der Waals surface area (Å²) in [6.45, 7) is 1.88. The maximum atomic E-state index is 11.9. The Labute approximate surface area is 93.1 Å². The number of anilines is 1. The molecule has 2 aromatic rings. The monoisotopic (exact) mass is 213 g/mol. The van der Waals surface area contributed by atoms with Gasteiger partial charge in [-0.1, -0.05) is 18.2 Å². The van der Waals surface area contributed by atoms with Crippen molar-refractivity contribution in [1.82, 2.24) is 0 Å².